The Morgan fingerprint density at radius 3 is 2.53 bits per heavy atom. The number of furan rings is 1. The van der Waals surface area contributed by atoms with Gasteiger partial charge in [-0.25, -0.2) is 4.79 Å². The van der Waals surface area contributed by atoms with E-state index in [0.29, 0.717) is 22.6 Å². The molecular weight excluding hydrogens is 382 g/mol. The van der Waals surface area contributed by atoms with Gasteiger partial charge >= 0.3 is 5.97 Å². The van der Waals surface area contributed by atoms with E-state index in [1.54, 1.807) is 12.1 Å². The van der Waals surface area contributed by atoms with Crippen LogP contribution in [-0.2, 0) is 9.53 Å². The predicted molar refractivity (Wildman–Crippen MR) is 115 cm³/mol. The molecule has 0 saturated carbocycles. The van der Waals surface area contributed by atoms with Gasteiger partial charge in [-0.05, 0) is 37.6 Å². The quantitative estimate of drug-likeness (QED) is 0.474. The number of hydrogen-bond acceptors (Lipinski definition) is 5. The highest BCUT2D eigenvalue weighted by atomic mass is 16.5. The van der Waals surface area contributed by atoms with Gasteiger partial charge in [0.1, 0.15) is 16.9 Å². The molecule has 3 aromatic carbocycles. The lowest BCUT2D eigenvalue weighted by Gasteiger charge is -2.11. The van der Waals surface area contributed by atoms with E-state index in [1.165, 1.54) is 7.11 Å². The van der Waals surface area contributed by atoms with Gasteiger partial charge < -0.3 is 19.2 Å². The van der Waals surface area contributed by atoms with Gasteiger partial charge in [-0.2, -0.15) is 0 Å². The fraction of sp³-hybridized carbons (Fsp3) is 0.167. The van der Waals surface area contributed by atoms with Crippen molar-refractivity contribution in [2.75, 3.05) is 19.0 Å². The van der Waals surface area contributed by atoms with E-state index >= 15 is 0 Å². The monoisotopic (exact) mass is 403 g/mol. The summed E-state index contributed by atoms with van der Waals surface area (Å²) in [5.74, 6) is -0.521. The highest BCUT2D eigenvalue weighted by Crippen LogP contribution is 2.36. The zero-order chi connectivity index (χ0) is 21.3. The number of anilines is 1. The molecule has 0 atom stereocenters. The minimum Gasteiger partial charge on any atom is -0.495 e. The van der Waals surface area contributed by atoms with Gasteiger partial charge in [-0.15, -0.1) is 0 Å². The number of hydrogen-bond donors (Lipinski definition) is 1. The van der Waals surface area contributed by atoms with Crippen molar-refractivity contribution >= 4 is 39.5 Å². The van der Waals surface area contributed by atoms with E-state index in [2.05, 4.69) is 5.32 Å². The summed E-state index contributed by atoms with van der Waals surface area (Å²) in [5, 5.41) is 4.58. The molecule has 152 valence electrons. The molecule has 0 aliphatic rings. The number of fused-ring (bicyclic) bond motifs is 3. The van der Waals surface area contributed by atoms with Crippen LogP contribution in [0.3, 0.4) is 0 Å². The van der Waals surface area contributed by atoms with E-state index in [-0.39, 0.29) is 0 Å². The van der Waals surface area contributed by atoms with Crippen molar-refractivity contribution < 1.29 is 23.5 Å². The van der Waals surface area contributed by atoms with Crippen molar-refractivity contribution in [1.29, 1.82) is 0 Å². The maximum atomic E-state index is 12.4. The molecular formula is C24H21NO5. The maximum Gasteiger partial charge on any atom is 0.338 e. The minimum absolute atomic E-state index is 0.409. The third kappa shape index (κ3) is 3.72. The second-order valence-corrected chi connectivity index (χ2v) is 7.09. The number of rotatable bonds is 5. The Kier molecular flexibility index (Phi) is 5.14. The molecule has 0 spiro atoms. The first-order chi connectivity index (χ1) is 14.5. The SMILES string of the molecule is COc1cc2c(cc1NC(=O)COC(=O)c1ccc(C)cc1C)oc1ccccc12. The van der Waals surface area contributed by atoms with Gasteiger partial charge in [0.2, 0.25) is 0 Å². The van der Waals surface area contributed by atoms with Crippen molar-refractivity contribution in [3.05, 3.63) is 71.3 Å². The highest BCUT2D eigenvalue weighted by Gasteiger charge is 2.16. The summed E-state index contributed by atoms with van der Waals surface area (Å²) >= 11 is 0. The van der Waals surface area contributed by atoms with Crippen molar-refractivity contribution in [3.8, 4) is 5.75 Å². The van der Waals surface area contributed by atoms with Gasteiger partial charge in [0.15, 0.2) is 6.61 Å². The molecule has 0 aliphatic heterocycles. The van der Waals surface area contributed by atoms with Crippen LogP contribution in [0.5, 0.6) is 5.75 Å². The zero-order valence-electron chi connectivity index (χ0n) is 16.9. The van der Waals surface area contributed by atoms with E-state index in [0.717, 1.165) is 27.5 Å². The third-order valence-corrected chi connectivity index (χ3v) is 4.91. The van der Waals surface area contributed by atoms with Crippen LogP contribution in [0.25, 0.3) is 21.9 Å². The molecule has 6 heteroatoms. The van der Waals surface area contributed by atoms with E-state index in [4.69, 9.17) is 13.9 Å². The average Bonchev–Trinajstić information content (AvgIpc) is 3.08. The molecule has 4 aromatic rings. The van der Waals surface area contributed by atoms with Crippen LogP contribution in [0.15, 0.2) is 59.0 Å². The van der Waals surface area contributed by atoms with Crippen molar-refractivity contribution in [2.24, 2.45) is 0 Å². The molecule has 30 heavy (non-hydrogen) atoms. The molecule has 1 N–H and O–H groups in total. The molecule has 0 radical (unpaired) electrons. The molecule has 0 aliphatic carbocycles. The van der Waals surface area contributed by atoms with Crippen LogP contribution in [0.4, 0.5) is 5.69 Å². The molecule has 4 rings (SSSR count). The Labute approximate surface area is 173 Å². The van der Waals surface area contributed by atoms with Crippen LogP contribution in [0, 0.1) is 13.8 Å². The summed E-state index contributed by atoms with van der Waals surface area (Å²) in [7, 11) is 1.53. The van der Waals surface area contributed by atoms with E-state index in [1.807, 2.05) is 56.3 Å². The molecule has 0 fully saturated rings. The third-order valence-electron chi connectivity index (χ3n) is 4.91. The molecule has 0 unspecified atom stereocenters. The number of benzene rings is 3. The van der Waals surface area contributed by atoms with Crippen LogP contribution in [0.1, 0.15) is 21.5 Å². The second kappa shape index (κ2) is 7.91. The van der Waals surface area contributed by atoms with Crippen LogP contribution in [0.2, 0.25) is 0 Å². The first kappa shape index (κ1) is 19.5. The lowest BCUT2D eigenvalue weighted by Crippen LogP contribution is -2.21. The van der Waals surface area contributed by atoms with E-state index < -0.39 is 18.5 Å². The fourth-order valence-electron chi connectivity index (χ4n) is 3.46. The largest absolute Gasteiger partial charge is 0.495 e. The molecule has 1 amide bonds. The Morgan fingerprint density at radius 1 is 0.967 bits per heavy atom. The summed E-state index contributed by atoms with van der Waals surface area (Å²) in [5.41, 5.74) is 4.11. The number of nitrogens with one attached hydrogen (secondary N) is 1. The minimum atomic E-state index is -0.539. The number of carbonyl (C=O) groups is 2. The number of carbonyl (C=O) groups excluding carboxylic acids is 2. The fourth-order valence-corrected chi connectivity index (χ4v) is 3.46. The number of amides is 1. The van der Waals surface area contributed by atoms with E-state index in [9.17, 15) is 9.59 Å². The first-order valence-electron chi connectivity index (χ1n) is 9.50. The summed E-state index contributed by atoms with van der Waals surface area (Å²) in [6, 6.07) is 16.6. The zero-order valence-corrected chi connectivity index (χ0v) is 16.9. The Morgan fingerprint density at radius 2 is 1.77 bits per heavy atom. The van der Waals surface area contributed by atoms with Gasteiger partial charge in [0.05, 0.1) is 18.4 Å². The first-order valence-corrected chi connectivity index (χ1v) is 9.50. The molecule has 0 bridgehead atoms. The second-order valence-electron chi connectivity index (χ2n) is 7.09. The highest BCUT2D eigenvalue weighted by molar-refractivity contribution is 6.08. The molecule has 1 heterocycles. The Bertz CT molecular complexity index is 1270. The van der Waals surface area contributed by atoms with Gasteiger partial charge in [0, 0.05) is 16.8 Å². The Balaban J connectivity index is 1.51. The van der Waals surface area contributed by atoms with Gasteiger partial charge in [0.25, 0.3) is 5.91 Å². The van der Waals surface area contributed by atoms with Crippen molar-refractivity contribution in [1.82, 2.24) is 0 Å². The summed E-state index contributed by atoms with van der Waals surface area (Å²) in [6.07, 6.45) is 0. The summed E-state index contributed by atoms with van der Waals surface area (Å²) in [6.45, 7) is 3.37. The maximum absolute atomic E-state index is 12.4. The van der Waals surface area contributed by atoms with Crippen molar-refractivity contribution in [3.63, 3.8) is 0 Å². The number of para-hydroxylation sites is 1. The van der Waals surface area contributed by atoms with Crippen LogP contribution >= 0.6 is 0 Å². The van der Waals surface area contributed by atoms with Gasteiger partial charge in [-0.1, -0.05) is 35.9 Å². The topological polar surface area (TPSA) is 77.8 Å². The Hall–Kier alpha value is -3.80. The van der Waals surface area contributed by atoms with Crippen molar-refractivity contribution in [2.45, 2.75) is 13.8 Å². The van der Waals surface area contributed by atoms with Crippen LogP contribution in [-0.4, -0.2) is 25.6 Å². The lowest BCUT2D eigenvalue weighted by atomic mass is 10.1. The van der Waals surface area contributed by atoms with Gasteiger partial charge in [-0.3, -0.25) is 4.79 Å². The predicted octanol–water partition coefficient (Wildman–Crippen LogP) is 5.01. The summed E-state index contributed by atoms with van der Waals surface area (Å²) in [4.78, 5) is 24.7. The number of aryl methyl sites for hydroxylation is 2. The molecule has 0 saturated heterocycles. The number of ether oxygens (including phenoxy) is 2. The smallest absolute Gasteiger partial charge is 0.338 e. The number of methoxy groups -OCH3 is 1. The van der Waals surface area contributed by atoms with Crippen LogP contribution < -0.4 is 10.1 Å². The normalized spacial score (nSPS) is 10.9. The number of esters is 1. The molecule has 6 nitrogen and oxygen atoms in total. The standard InChI is InChI=1S/C24H21NO5/c1-14-8-9-16(15(2)10-14)24(27)29-13-23(26)25-19-12-21-18(11-22(19)28-3)17-6-4-5-7-20(17)30-21/h4-12H,13H2,1-3H3,(H,25,26). The lowest BCUT2D eigenvalue weighted by molar-refractivity contribution is -0.119. The molecule has 1 aromatic heterocycles. The summed E-state index contributed by atoms with van der Waals surface area (Å²) < 4.78 is 16.5. The average molecular weight is 403 g/mol.